The molecule has 8 nitrogen and oxygen atoms in total. The molecule has 21 heavy (non-hydrogen) atoms. The number of thioether (sulfide) groups is 1. The van der Waals surface area contributed by atoms with Crippen molar-refractivity contribution in [2.45, 2.75) is 49.4 Å². The molecule has 1 fully saturated rings. The van der Waals surface area contributed by atoms with Crippen molar-refractivity contribution in [2.24, 2.45) is 5.73 Å². The van der Waals surface area contributed by atoms with Gasteiger partial charge in [-0.3, -0.25) is 4.79 Å². The molecule has 1 rings (SSSR count). The first kappa shape index (κ1) is 18.6. The molecule has 0 bridgehead atoms. The second kappa shape index (κ2) is 8.28. The topological polar surface area (TPSA) is 153 Å². The average Bonchev–Trinajstić information content (AvgIpc) is 2.44. The van der Waals surface area contributed by atoms with Gasteiger partial charge in [0.1, 0.15) is 24.4 Å². The monoisotopic (exact) mass is 325 g/mol. The van der Waals surface area contributed by atoms with Crippen LogP contribution in [-0.2, 0) is 9.53 Å². The number of nitrogens with two attached hydrogens (primary N) is 1. The fourth-order valence-corrected chi connectivity index (χ4v) is 3.03. The van der Waals surface area contributed by atoms with Gasteiger partial charge in [-0.2, -0.15) is 11.8 Å². The van der Waals surface area contributed by atoms with Crippen molar-refractivity contribution in [1.29, 1.82) is 0 Å². The van der Waals surface area contributed by atoms with Gasteiger partial charge in [-0.25, -0.2) is 0 Å². The Morgan fingerprint density at radius 3 is 2.67 bits per heavy atom. The van der Waals surface area contributed by atoms with E-state index in [2.05, 4.69) is 0 Å². The van der Waals surface area contributed by atoms with Crippen molar-refractivity contribution < 1.29 is 35.1 Å². The minimum absolute atomic E-state index is 0.0446. The highest BCUT2D eigenvalue weighted by molar-refractivity contribution is 7.99. The van der Waals surface area contributed by atoms with Gasteiger partial charge in [-0.15, -0.1) is 0 Å². The van der Waals surface area contributed by atoms with Gasteiger partial charge in [-0.05, 0) is 18.6 Å². The quantitative estimate of drug-likeness (QED) is 0.281. The molecule has 0 aromatic rings. The number of aliphatic carboxylic acids is 1. The van der Waals surface area contributed by atoms with Crippen LogP contribution >= 0.6 is 11.8 Å². The van der Waals surface area contributed by atoms with E-state index in [0.717, 1.165) is 0 Å². The molecule has 0 amide bonds. The first-order valence-corrected chi connectivity index (χ1v) is 7.90. The summed E-state index contributed by atoms with van der Waals surface area (Å²) in [7, 11) is 0. The third-order valence-electron chi connectivity index (χ3n) is 3.36. The molecule has 9 heteroatoms. The normalized spacial score (nSPS) is 34.6. The van der Waals surface area contributed by atoms with Gasteiger partial charge in [0, 0.05) is 0 Å². The van der Waals surface area contributed by atoms with Gasteiger partial charge < -0.3 is 36.0 Å². The lowest BCUT2D eigenvalue weighted by Gasteiger charge is -2.41. The number of carboxylic acids is 1. The maximum Gasteiger partial charge on any atom is 0.320 e. The summed E-state index contributed by atoms with van der Waals surface area (Å²) in [6.07, 6.45) is -2.51. The predicted molar refractivity (Wildman–Crippen MR) is 75.7 cm³/mol. The molecule has 1 heterocycles. The summed E-state index contributed by atoms with van der Waals surface area (Å²) in [4.78, 5) is 10.5. The Balaban J connectivity index is 2.21. The van der Waals surface area contributed by atoms with Crippen LogP contribution in [0.3, 0.4) is 0 Å². The minimum atomic E-state index is -1.89. The van der Waals surface area contributed by atoms with Gasteiger partial charge in [0.25, 0.3) is 0 Å². The minimum Gasteiger partial charge on any atom is -0.480 e. The van der Waals surface area contributed by atoms with E-state index in [-0.39, 0.29) is 12.4 Å². The molecule has 0 aromatic carbocycles. The summed E-state index contributed by atoms with van der Waals surface area (Å²) in [5.41, 5.74) is 5.36. The molecule has 1 aliphatic rings. The zero-order valence-electron chi connectivity index (χ0n) is 11.6. The Hall–Kier alpha value is -0.420. The van der Waals surface area contributed by atoms with Crippen molar-refractivity contribution in [3.05, 3.63) is 0 Å². The Kier molecular flexibility index (Phi) is 7.34. The van der Waals surface area contributed by atoms with E-state index >= 15 is 0 Å². The summed E-state index contributed by atoms with van der Waals surface area (Å²) in [6, 6.07) is -0.862. The molecule has 0 aliphatic carbocycles. The van der Waals surface area contributed by atoms with E-state index in [4.69, 9.17) is 15.6 Å². The Morgan fingerprint density at radius 1 is 1.38 bits per heavy atom. The number of ether oxygens (including phenoxy) is 1. The molecule has 0 aromatic heterocycles. The van der Waals surface area contributed by atoms with E-state index in [1.54, 1.807) is 0 Å². The third-order valence-corrected chi connectivity index (χ3v) is 4.56. The van der Waals surface area contributed by atoms with Crippen LogP contribution in [0.1, 0.15) is 19.3 Å². The SMILES string of the molecule is N[C@@H](CCCCSC[C@@]1(O)OC[C@@H](O)[C@@H](O)[C@@H]1O)C(=O)O. The van der Waals surface area contributed by atoms with E-state index in [0.29, 0.717) is 25.0 Å². The van der Waals surface area contributed by atoms with Crippen molar-refractivity contribution in [1.82, 2.24) is 0 Å². The maximum absolute atomic E-state index is 10.5. The van der Waals surface area contributed by atoms with Crippen LogP contribution < -0.4 is 5.73 Å². The van der Waals surface area contributed by atoms with E-state index in [9.17, 15) is 25.2 Å². The molecule has 0 radical (unpaired) electrons. The average molecular weight is 325 g/mol. The van der Waals surface area contributed by atoms with E-state index in [1.165, 1.54) is 11.8 Å². The summed E-state index contributed by atoms with van der Waals surface area (Å²) in [5, 5.41) is 47.2. The molecule has 124 valence electrons. The second-order valence-electron chi connectivity index (χ2n) is 5.15. The molecule has 0 unspecified atom stereocenters. The molecule has 0 spiro atoms. The van der Waals surface area contributed by atoms with Crippen molar-refractivity contribution in [2.75, 3.05) is 18.1 Å². The standard InChI is InChI=1S/C12H23NO7S/c13-7(11(17)18)3-1-2-4-21-6-12(19)10(16)9(15)8(14)5-20-12/h7-10,14-16,19H,1-6,13H2,(H,17,18)/t7-,8+,9+,10-,12+/m0/s1. The first-order valence-electron chi connectivity index (χ1n) is 6.74. The third kappa shape index (κ3) is 5.37. The van der Waals surface area contributed by atoms with Crippen molar-refractivity contribution in [3.8, 4) is 0 Å². The summed E-state index contributed by atoms with van der Waals surface area (Å²) in [6.45, 7) is -0.247. The lowest BCUT2D eigenvalue weighted by molar-refractivity contribution is -0.309. The number of hydrogen-bond donors (Lipinski definition) is 6. The van der Waals surface area contributed by atoms with Crippen LogP contribution in [0.2, 0.25) is 0 Å². The van der Waals surface area contributed by atoms with E-state index < -0.39 is 36.1 Å². The number of aliphatic hydroxyl groups is 4. The lowest BCUT2D eigenvalue weighted by Crippen LogP contribution is -2.62. The highest BCUT2D eigenvalue weighted by Crippen LogP contribution is 2.27. The highest BCUT2D eigenvalue weighted by atomic mass is 32.2. The van der Waals surface area contributed by atoms with E-state index in [1.807, 2.05) is 0 Å². The molecule has 7 N–H and O–H groups in total. The van der Waals surface area contributed by atoms with Crippen molar-refractivity contribution >= 4 is 17.7 Å². The van der Waals surface area contributed by atoms with Gasteiger partial charge in [0.15, 0.2) is 0 Å². The van der Waals surface area contributed by atoms with Crippen LogP contribution in [0.15, 0.2) is 0 Å². The largest absolute Gasteiger partial charge is 0.480 e. The molecule has 1 aliphatic heterocycles. The van der Waals surface area contributed by atoms with Crippen LogP contribution in [-0.4, -0.2) is 79.8 Å². The number of aliphatic hydroxyl groups excluding tert-OH is 3. The lowest BCUT2D eigenvalue weighted by atomic mass is 9.98. The fraction of sp³-hybridized carbons (Fsp3) is 0.917. The van der Waals surface area contributed by atoms with Gasteiger partial charge in [0.05, 0.1) is 12.4 Å². The number of carbonyl (C=O) groups is 1. The number of rotatable bonds is 8. The smallest absolute Gasteiger partial charge is 0.320 e. The number of hydrogen-bond acceptors (Lipinski definition) is 8. The molecular weight excluding hydrogens is 302 g/mol. The Morgan fingerprint density at radius 2 is 2.05 bits per heavy atom. The van der Waals surface area contributed by atoms with Crippen molar-refractivity contribution in [3.63, 3.8) is 0 Å². The Labute approximate surface area is 126 Å². The molecular formula is C12H23NO7S. The summed E-state index contributed by atoms with van der Waals surface area (Å²) >= 11 is 1.31. The maximum atomic E-state index is 10.5. The highest BCUT2D eigenvalue weighted by Gasteiger charge is 2.48. The zero-order valence-corrected chi connectivity index (χ0v) is 12.4. The van der Waals surface area contributed by atoms with Gasteiger partial charge >= 0.3 is 5.97 Å². The Bertz CT molecular complexity index is 346. The first-order chi connectivity index (χ1) is 9.78. The summed E-state index contributed by atoms with van der Waals surface area (Å²) in [5.74, 6) is -2.24. The number of carboxylic acid groups (broad SMARTS) is 1. The van der Waals surface area contributed by atoms with Crippen LogP contribution in [0.5, 0.6) is 0 Å². The van der Waals surface area contributed by atoms with Gasteiger partial charge in [0.2, 0.25) is 5.79 Å². The second-order valence-corrected chi connectivity index (χ2v) is 6.26. The molecule has 5 atom stereocenters. The van der Waals surface area contributed by atoms with Gasteiger partial charge in [-0.1, -0.05) is 6.42 Å². The predicted octanol–water partition coefficient (Wildman–Crippen LogP) is -1.90. The van der Waals surface area contributed by atoms with Crippen LogP contribution in [0.4, 0.5) is 0 Å². The fourth-order valence-electron chi connectivity index (χ4n) is 1.93. The number of unbranched alkanes of at least 4 members (excludes halogenated alkanes) is 1. The summed E-state index contributed by atoms with van der Waals surface area (Å²) < 4.78 is 5.01. The molecule has 0 saturated carbocycles. The van der Waals surface area contributed by atoms with Crippen LogP contribution in [0, 0.1) is 0 Å². The molecule has 1 saturated heterocycles. The van der Waals surface area contributed by atoms with Crippen LogP contribution in [0.25, 0.3) is 0 Å². The zero-order chi connectivity index (χ0) is 16.0.